The summed E-state index contributed by atoms with van der Waals surface area (Å²) in [7, 11) is -4.22. The zero-order valence-electron chi connectivity index (χ0n) is 21.8. The largest absolute Gasteiger partial charge is 0.354 e. The molecule has 1 N–H and O–H groups in total. The summed E-state index contributed by atoms with van der Waals surface area (Å²) in [6.07, 6.45) is 0. The van der Waals surface area contributed by atoms with Gasteiger partial charge in [0, 0.05) is 28.2 Å². The molecule has 0 aromatic heterocycles. The fourth-order valence-electron chi connectivity index (χ4n) is 3.74. The molecule has 7 nitrogen and oxygen atoms in total. The predicted molar refractivity (Wildman–Crippen MR) is 157 cm³/mol. The lowest BCUT2D eigenvalue weighted by atomic mass is 10.1. The van der Waals surface area contributed by atoms with Crippen molar-refractivity contribution in [2.24, 2.45) is 5.92 Å². The Bertz CT molecular complexity index is 1420. The SMILES string of the molecule is CC(C)CNC(=O)C(C)N(Cc1ccccc1Cl)C(=O)CN(c1cccc(Cl)c1)S(=O)(=O)c1ccc(Cl)cc1. The first-order chi connectivity index (χ1) is 18.4. The molecule has 0 aliphatic heterocycles. The Morgan fingerprint density at radius 3 is 2.15 bits per heavy atom. The summed E-state index contributed by atoms with van der Waals surface area (Å²) >= 11 is 18.5. The van der Waals surface area contributed by atoms with Crippen molar-refractivity contribution >= 4 is 62.3 Å². The third-order valence-electron chi connectivity index (χ3n) is 5.93. The van der Waals surface area contributed by atoms with Gasteiger partial charge in [-0.05, 0) is 66.9 Å². The van der Waals surface area contributed by atoms with Crippen LogP contribution < -0.4 is 9.62 Å². The molecule has 3 aromatic carbocycles. The van der Waals surface area contributed by atoms with E-state index in [-0.39, 0.29) is 29.0 Å². The maximum absolute atomic E-state index is 13.9. The number of benzene rings is 3. The fraction of sp³-hybridized carbons (Fsp3) is 0.286. The van der Waals surface area contributed by atoms with Crippen LogP contribution in [0.5, 0.6) is 0 Å². The Morgan fingerprint density at radius 1 is 0.872 bits per heavy atom. The number of amides is 2. The minimum Gasteiger partial charge on any atom is -0.354 e. The second-order valence-corrected chi connectivity index (χ2v) is 12.5. The molecule has 39 heavy (non-hydrogen) atoms. The number of hydrogen-bond donors (Lipinski definition) is 1. The van der Waals surface area contributed by atoms with E-state index in [0.29, 0.717) is 27.2 Å². The molecule has 0 bridgehead atoms. The fourth-order valence-corrected chi connectivity index (χ4v) is 5.65. The van der Waals surface area contributed by atoms with Gasteiger partial charge < -0.3 is 10.2 Å². The van der Waals surface area contributed by atoms with Crippen LogP contribution in [0.1, 0.15) is 26.3 Å². The van der Waals surface area contributed by atoms with Gasteiger partial charge in [0.2, 0.25) is 11.8 Å². The highest BCUT2D eigenvalue weighted by molar-refractivity contribution is 7.92. The standard InChI is InChI=1S/C28H30Cl3N3O4S/c1-19(2)16-32-28(36)20(3)33(17-21-7-4-5-10-26(21)31)27(35)18-34(24-9-6-8-23(30)15-24)39(37,38)25-13-11-22(29)12-14-25/h4-15,19-20H,16-18H2,1-3H3,(H,32,36). The number of carbonyl (C=O) groups is 2. The summed E-state index contributed by atoms with van der Waals surface area (Å²) in [5, 5.41) is 3.93. The number of carbonyl (C=O) groups excluding carboxylic acids is 2. The van der Waals surface area contributed by atoms with Crippen LogP contribution in [0, 0.1) is 5.92 Å². The van der Waals surface area contributed by atoms with E-state index in [0.717, 1.165) is 4.31 Å². The van der Waals surface area contributed by atoms with Crippen molar-refractivity contribution in [3.8, 4) is 0 Å². The second kappa shape index (κ2) is 13.5. The van der Waals surface area contributed by atoms with E-state index in [2.05, 4.69) is 5.32 Å². The maximum atomic E-state index is 13.9. The number of hydrogen-bond acceptors (Lipinski definition) is 4. The van der Waals surface area contributed by atoms with Crippen LogP contribution in [0.2, 0.25) is 15.1 Å². The van der Waals surface area contributed by atoms with Crippen LogP contribution in [-0.2, 0) is 26.2 Å². The number of rotatable bonds is 11. The van der Waals surface area contributed by atoms with Gasteiger partial charge in [-0.3, -0.25) is 13.9 Å². The van der Waals surface area contributed by atoms with Crippen molar-refractivity contribution in [1.29, 1.82) is 0 Å². The molecule has 0 radical (unpaired) electrons. The normalized spacial score (nSPS) is 12.2. The van der Waals surface area contributed by atoms with Crippen molar-refractivity contribution in [3.63, 3.8) is 0 Å². The lowest BCUT2D eigenvalue weighted by Gasteiger charge is -2.32. The smallest absolute Gasteiger partial charge is 0.264 e. The molecule has 0 aliphatic rings. The Balaban J connectivity index is 2.02. The van der Waals surface area contributed by atoms with E-state index in [1.165, 1.54) is 35.2 Å². The van der Waals surface area contributed by atoms with Crippen LogP contribution >= 0.6 is 34.8 Å². The predicted octanol–water partition coefficient (Wildman–Crippen LogP) is 6.03. The van der Waals surface area contributed by atoms with Crippen LogP contribution in [0.4, 0.5) is 5.69 Å². The third kappa shape index (κ3) is 8.11. The number of halogens is 3. The van der Waals surface area contributed by atoms with E-state index in [1.54, 1.807) is 49.4 Å². The molecule has 0 heterocycles. The molecule has 0 aliphatic carbocycles. The molecular formula is C28H30Cl3N3O4S. The lowest BCUT2D eigenvalue weighted by Crippen LogP contribution is -2.51. The summed E-state index contributed by atoms with van der Waals surface area (Å²) < 4.78 is 28.5. The molecule has 0 spiro atoms. The molecular weight excluding hydrogens is 581 g/mol. The molecule has 0 saturated carbocycles. The van der Waals surface area contributed by atoms with Gasteiger partial charge in [-0.15, -0.1) is 0 Å². The van der Waals surface area contributed by atoms with Crippen LogP contribution in [-0.4, -0.2) is 44.3 Å². The molecule has 1 unspecified atom stereocenters. The van der Waals surface area contributed by atoms with E-state index in [9.17, 15) is 18.0 Å². The summed E-state index contributed by atoms with van der Waals surface area (Å²) in [5.41, 5.74) is 0.811. The van der Waals surface area contributed by atoms with Crippen molar-refractivity contribution in [2.75, 3.05) is 17.4 Å². The summed E-state index contributed by atoms with van der Waals surface area (Å²) in [6.45, 7) is 5.36. The third-order valence-corrected chi connectivity index (χ3v) is 8.57. The zero-order chi connectivity index (χ0) is 28.7. The Morgan fingerprint density at radius 2 is 1.54 bits per heavy atom. The van der Waals surface area contributed by atoms with E-state index >= 15 is 0 Å². The monoisotopic (exact) mass is 609 g/mol. The van der Waals surface area contributed by atoms with Crippen molar-refractivity contribution in [1.82, 2.24) is 10.2 Å². The molecule has 11 heteroatoms. The highest BCUT2D eigenvalue weighted by Gasteiger charge is 2.33. The second-order valence-electron chi connectivity index (χ2n) is 9.37. The molecule has 3 aromatic rings. The van der Waals surface area contributed by atoms with Gasteiger partial charge in [-0.1, -0.05) is 72.9 Å². The number of nitrogens with zero attached hydrogens (tertiary/aromatic N) is 2. The highest BCUT2D eigenvalue weighted by Crippen LogP contribution is 2.28. The minimum atomic E-state index is -4.22. The van der Waals surface area contributed by atoms with Gasteiger partial charge in [-0.25, -0.2) is 8.42 Å². The first kappa shape index (κ1) is 30.8. The molecule has 0 saturated heterocycles. The van der Waals surface area contributed by atoms with Crippen molar-refractivity contribution in [3.05, 3.63) is 93.4 Å². The van der Waals surface area contributed by atoms with Crippen LogP contribution in [0.15, 0.2) is 77.7 Å². The maximum Gasteiger partial charge on any atom is 0.264 e. The molecule has 0 fully saturated rings. The van der Waals surface area contributed by atoms with Gasteiger partial charge in [0.1, 0.15) is 12.6 Å². The van der Waals surface area contributed by atoms with E-state index in [4.69, 9.17) is 34.8 Å². The van der Waals surface area contributed by atoms with Gasteiger partial charge in [0.15, 0.2) is 0 Å². The van der Waals surface area contributed by atoms with Crippen LogP contribution in [0.25, 0.3) is 0 Å². The van der Waals surface area contributed by atoms with Crippen LogP contribution in [0.3, 0.4) is 0 Å². The van der Waals surface area contributed by atoms with E-state index in [1.807, 2.05) is 13.8 Å². The Labute approximate surface area is 244 Å². The first-order valence-electron chi connectivity index (χ1n) is 12.2. The number of sulfonamides is 1. The average Bonchev–Trinajstić information content (AvgIpc) is 2.89. The summed E-state index contributed by atoms with van der Waals surface area (Å²) in [4.78, 5) is 28.2. The topological polar surface area (TPSA) is 86.8 Å². The van der Waals surface area contributed by atoms with Gasteiger partial charge in [-0.2, -0.15) is 0 Å². The molecule has 2 amide bonds. The molecule has 208 valence electrons. The average molecular weight is 611 g/mol. The van der Waals surface area contributed by atoms with Gasteiger partial charge in [0.25, 0.3) is 10.0 Å². The lowest BCUT2D eigenvalue weighted by molar-refractivity contribution is -0.139. The molecule has 3 rings (SSSR count). The Hall–Kier alpha value is -2.78. The summed E-state index contributed by atoms with van der Waals surface area (Å²) in [6, 6.07) is 17.9. The van der Waals surface area contributed by atoms with Gasteiger partial charge in [0.05, 0.1) is 10.6 Å². The van der Waals surface area contributed by atoms with E-state index < -0.39 is 28.5 Å². The molecule has 1 atom stereocenters. The first-order valence-corrected chi connectivity index (χ1v) is 14.8. The van der Waals surface area contributed by atoms with Gasteiger partial charge >= 0.3 is 0 Å². The Kier molecular flexibility index (Phi) is 10.7. The zero-order valence-corrected chi connectivity index (χ0v) is 24.9. The number of nitrogens with one attached hydrogen (secondary N) is 1. The highest BCUT2D eigenvalue weighted by atomic mass is 35.5. The minimum absolute atomic E-state index is 0.000843. The summed E-state index contributed by atoms with van der Waals surface area (Å²) in [5.74, 6) is -0.754. The van der Waals surface area contributed by atoms with Crippen molar-refractivity contribution in [2.45, 2.75) is 38.3 Å². The van der Waals surface area contributed by atoms with Crippen molar-refractivity contribution < 1.29 is 18.0 Å². The quantitative estimate of drug-likeness (QED) is 0.287. The number of anilines is 1.